The number of benzene rings is 1. The molecule has 0 saturated heterocycles. The predicted octanol–water partition coefficient (Wildman–Crippen LogP) is 3.16. The minimum Gasteiger partial charge on any atom is -0.449 e. The van der Waals surface area contributed by atoms with Crippen LogP contribution in [0, 0.1) is 0 Å². The number of halogens is 2. The maximum absolute atomic E-state index is 11.9. The minimum absolute atomic E-state index is 0.151. The smallest absolute Gasteiger partial charge is 0.338 e. The van der Waals surface area contributed by atoms with Crippen LogP contribution in [-0.2, 0) is 9.53 Å². The molecule has 0 bridgehead atoms. The van der Waals surface area contributed by atoms with Crippen molar-refractivity contribution in [3.8, 4) is 0 Å². The summed E-state index contributed by atoms with van der Waals surface area (Å²) in [6, 6.07) is 3.54. The van der Waals surface area contributed by atoms with Crippen LogP contribution in [0.3, 0.4) is 0 Å². The van der Waals surface area contributed by atoms with E-state index in [1.54, 1.807) is 20.8 Å². The first-order chi connectivity index (χ1) is 10.5. The Labute approximate surface area is 144 Å². The second-order valence-corrected chi connectivity index (χ2v) is 6.68. The van der Waals surface area contributed by atoms with Crippen LogP contribution in [0.4, 0.5) is 4.79 Å². The SMILES string of the molecule is C[C@H](OC(=O)c1ccc(Cl)c(Cl)c1)C(=O)NC(=O)NC(C)(C)C. The maximum Gasteiger partial charge on any atom is 0.338 e. The second kappa shape index (κ2) is 7.66. The van der Waals surface area contributed by atoms with E-state index >= 15 is 0 Å². The Kier molecular flexibility index (Phi) is 6.41. The average molecular weight is 361 g/mol. The van der Waals surface area contributed by atoms with Crippen molar-refractivity contribution in [2.45, 2.75) is 39.3 Å². The zero-order chi connectivity index (χ0) is 17.8. The summed E-state index contributed by atoms with van der Waals surface area (Å²) >= 11 is 11.6. The van der Waals surface area contributed by atoms with Crippen LogP contribution in [0.1, 0.15) is 38.1 Å². The molecule has 0 unspecified atom stereocenters. The molecule has 0 aliphatic heterocycles. The molecule has 126 valence electrons. The van der Waals surface area contributed by atoms with Crippen LogP contribution in [-0.4, -0.2) is 29.6 Å². The lowest BCUT2D eigenvalue weighted by molar-refractivity contribution is -0.127. The topological polar surface area (TPSA) is 84.5 Å². The molecule has 6 nitrogen and oxygen atoms in total. The van der Waals surface area contributed by atoms with Crippen molar-refractivity contribution in [1.29, 1.82) is 0 Å². The zero-order valence-electron chi connectivity index (χ0n) is 13.2. The molecule has 0 heterocycles. The number of nitrogens with one attached hydrogen (secondary N) is 2. The number of hydrogen-bond donors (Lipinski definition) is 2. The van der Waals surface area contributed by atoms with Crippen LogP contribution in [0.2, 0.25) is 10.0 Å². The van der Waals surface area contributed by atoms with Crippen molar-refractivity contribution >= 4 is 41.1 Å². The van der Waals surface area contributed by atoms with Gasteiger partial charge >= 0.3 is 12.0 Å². The van der Waals surface area contributed by atoms with Gasteiger partial charge in [0, 0.05) is 5.54 Å². The van der Waals surface area contributed by atoms with Crippen molar-refractivity contribution in [1.82, 2.24) is 10.6 Å². The third-order valence-electron chi connectivity index (χ3n) is 2.53. The molecule has 0 saturated carbocycles. The predicted molar refractivity (Wildman–Crippen MR) is 87.8 cm³/mol. The summed E-state index contributed by atoms with van der Waals surface area (Å²) in [4.78, 5) is 35.4. The van der Waals surface area contributed by atoms with Crippen molar-refractivity contribution in [3.63, 3.8) is 0 Å². The highest BCUT2D eigenvalue weighted by Gasteiger charge is 2.22. The van der Waals surface area contributed by atoms with Crippen LogP contribution in [0.25, 0.3) is 0 Å². The molecule has 1 aromatic rings. The number of hydrogen-bond acceptors (Lipinski definition) is 4. The summed E-state index contributed by atoms with van der Waals surface area (Å²) in [5, 5.41) is 5.16. The van der Waals surface area contributed by atoms with E-state index < -0.39 is 29.6 Å². The van der Waals surface area contributed by atoms with Gasteiger partial charge < -0.3 is 10.1 Å². The van der Waals surface area contributed by atoms with Crippen LogP contribution >= 0.6 is 23.2 Å². The number of esters is 1. The fourth-order valence-electron chi connectivity index (χ4n) is 1.49. The normalized spacial score (nSPS) is 12.3. The molecule has 3 amide bonds. The summed E-state index contributed by atoms with van der Waals surface area (Å²) in [5.74, 6) is -1.48. The lowest BCUT2D eigenvalue weighted by Gasteiger charge is -2.21. The van der Waals surface area contributed by atoms with Gasteiger partial charge in [-0.05, 0) is 45.9 Å². The van der Waals surface area contributed by atoms with Crippen molar-refractivity contribution in [2.75, 3.05) is 0 Å². The Morgan fingerprint density at radius 2 is 1.74 bits per heavy atom. The number of urea groups is 1. The number of ether oxygens (including phenoxy) is 1. The summed E-state index contributed by atoms with van der Waals surface area (Å²) in [6.45, 7) is 6.66. The highest BCUT2D eigenvalue weighted by molar-refractivity contribution is 6.42. The van der Waals surface area contributed by atoms with Gasteiger partial charge in [-0.25, -0.2) is 9.59 Å². The first kappa shape index (κ1) is 19.3. The fraction of sp³-hybridized carbons (Fsp3) is 0.400. The van der Waals surface area contributed by atoms with Crippen LogP contribution in [0.5, 0.6) is 0 Å². The quantitative estimate of drug-likeness (QED) is 0.810. The van der Waals surface area contributed by atoms with E-state index in [1.165, 1.54) is 25.1 Å². The van der Waals surface area contributed by atoms with Crippen molar-refractivity contribution in [2.24, 2.45) is 0 Å². The molecular weight excluding hydrogens is 343 g/mol. The highest BCUT2D eigenvalue weighted by Crippen LogP contribution is 2.23. The van der Waals surface area contributed by atoms with E-state index in [2.05, 4.69) is 10.6 Å². The van der Waals surface area contributed by atoms with Crippen LogP contribution in [0.15, 0.2) is 18.2 Å². The highest BCUT2D eigenvalue weighted by atomic mass is 35.5. The van der Waals surface area contributed by atoms with Gasteiger partial charge in [0.1, 0.15) is 0 Å². The third kappa shape index (κ3) is 6.46. The number of imide groups is 1. The Morgan fingerprint density at radius 1 is 1.13 bits per heavy atom. The molecule has 0 radical (unpaired) electrons. The average Bonchev–Trinajstić information content (AvgIpc) is 2.39. The number of carbonyl (C=O) groups is 3. The van der Waals surface area contributed by atoms with E-state index in [0.717, 1.165) is 0 Å². The minimum atomic E-state index is -1.15. The van der Waals surface area contributed by atoms with E-state index in [1.807, 2.05) is 0 Å². The molecule has 2 N–H and O–H groups in total. The Morgan fingerprint density at radius 3 is 2.26 bits per heavy atom. The van der Waals surface area contributed by atoms with Gasteiger partial charge in [0.2, 0.25) is 0 Å². The molecule has 1 rings (SSSR count). The lowest BCUT2D eigenvalue weighted by Crippen LogP contribution is -2.50. The molecule has 0 aliphatic rings. The fourth-order valence-corrected chi connectivity index (χ4v) is 1.79. The Hall–Kier alpha value is -1.79. The standard InChI is InChI=1S/C15H18Cl2N2O4/c1-8(12(20)18-14(22)19-15(2,3)4)23-13(21)9-5-6-10(16)11(17)7-9/h5-8H,1-4H3,(H2,18,19,20,22)/t8-/m0/s1. The van der Waals surface area contributed by atoms with Crippen molar-refractivity contribution in [3.05, 3.63) is 33.8 Å². The second-order valence-electron chi connectivity index (χ2n) is 5.87. The monoisotopic (exact) mass is 360 g/mol. The molecule has 1 aromatic carbocycles. The van der Waals surface area contributed by atoms with Gasteiger partial charge in [-0.3, -0.25) is 10.1 Å². The van der Waals surface area contributed by atoms with Gasteiger partial charge in [0.15, 0.2) is 6.10 Å². The molecule has 0 aliphatic carbocycles. The molecular formula is C15H18Cl2N2O4. The molecule has 8 heteroatoms. The van der Waals surface area contributed by atoms with E-state index in [-0.39, 0.29) is 10.6 Å². The first-order valence-electron chi connectivity index (χ1n) is 6.78. The maximum atomic E-state index is 11.9. The Balaban J connectivity index is 2.62. The van der Waals surface area contributed by atoms with Crippen LogP contribution < -0.4 is 10.6 Å². The number of rotatable bonds is 3. The zero-order valence-corrected chi connectivity index (χ0v) is 14.7. The first-order valence-corrected chi connectivity index (χ1v) is 7.54. The van der Waals surface area contributed by atoms with Gasteiger partial charge in [-0.2, -0.15) is 0 Å². The number of carbonyl (C=O) groups excluding carboxylic acids is 3. The van der Waals surface area contributed by atoms with Crippen molar-refractivity contribution < 1.29 is 19.1 Å². The van der Waals surface area contributed by atoms with E-state index in [9.17, 15) is 14.4 Å². The molecule has 0 fully saturated rings. The third-order valence-corrected chi connectivity index (χ3v) is 3.27. The van der Waals surface area contributed by atoms with Gasteiger partial charge in [-0.15, -0.1) is 0 Å². The van der Waals surface area contributed by atoms with E-state index in [4.69, 9.17) is 27.9 Å². The molecule has 23 heavy (non-hydrogen) atoms. The van der Waals surface area contributed by atoms with Gasteiger partial charge in [-0.1, -0.05) is 23.2 Å². The van der Waals surface area contributed by atoms with Gasteiger partial charge in [0.05, 0.1) is 15.6 Å². The number of amides is 3. The lowest BCUT2D eigenvalue weighted by atomic mass is 10.1. The summed E-state index contributed by atoms with van der Waals surface area (Å²) in [6.07, 6.45) is -1.15. The summed E-state index contributed by atoms with van der Waals surface area (Å²) < 4.78 is 4.99. The molecule has 0 spiro atoms. The van der Waals surface area contributed by atoms with E-state index in [0.29, 0.717) is 5.02 Å². The van der Waals surface area contributed by atoms with Gasteiger partial charge in [0.25, 0.3) is 5.91 Å². The Bertz CT molecular complexity index is 626. The molecule has 1 atom stereocenters. The summed E-state index contributed by atoms with van der Waals surface area (Å²) in [7, 11) is 0. The largest absolute Gasteiger partial charge is 0.449 e. The summed E-state index contributed by atoms with van der Waals surface area (Å²) in [5.41, 5.74) is -0.345. The molecule has 0 aromatic heterocycles.